The monoisotopic (exact) mass is 161 g/mol. The second-order valence-electron chi connectivity index (χ2n) is 3.80. The second-order valence-corrected chi connectivity index (χ2v) is 3.80. The van der Waals surface area contributed by atoms with Crippen LogP contribution < -0.4 is 4.90 Å². The molecule has 0 aliphatic carbocycles. The fraction of sp³-hybridized carbons (Fsp3) is 0.455. The van der Waals surface area contributed by atoms with Crippen LogP contribution in [0.3, 0.4) is 0 Å². The Hall–Kier alpha value is -0.980. The number of benzene rings is 1. The first-order chi connectivity index (χ1) is 5.77. The van der Waals surface area contributed by atoms with Gasteiger partial charge in [0.25, 0.3) is 0 Å². The van der Waals surface area contributed by atoms with Crippen molar-refractivity contribution in [3.63, 3.8) is 0 Å². The van der Waals surface area contributed by atoms with Crippen LogP contribution in [0.5, 0.6) is 0 Å². The van der Waals surface area contributed by atoms with Crippen molar-refractivity contribution in [2.75, 3.05) is 18.0 Å². The zero-order valence-electron chi connectivity index (χ0n) is 7.75. The summed E-state index contributed by atoms with van der Waals surface area (Å²) in [5.41, 5.74) is 2.81. The standard InChI is InChI=1S/C11H15N/c1-9-7-12(8-9)11-6-4-3-5-10(11)2/h3-6,9H,7-8H2,1-2H3. The van der Waals surface area contributed by atoms with Crippen LogP contribution in [0, 0.1) is 12.8 Å². The van der Waals surface area contributed by atoms with Gasteiger partial charge in [0.1, 0.15) is 0 Å². The van der Waals surface area contributed by atoms with E-state index in [1.807, 2.05) is 0 Å². The van der Waals surface area contributed by atoms with Crippen molar-refractivity contribution < 1.29 is 0 Å². The van der Waals surface area contributed by atoms with Gasteiger partial charge in [0.15, 0.2) is 0 Å². The summed E-state index contributed by atoms with van der Waals surface area (Å²) >= 11 is 0. The predicted octanol–water partition coefficient (Wildman–Crippen LogP) is 2.45. The highest BCUT2D eigenvalue weighted by molar-refractivity contribution is 5.54. The first kappa shape index (κ1) is 7.66. The molecule has 0 amide bonds. The summed E-state index contributed by atoms with van der Waals surface area (Å²) < 4.78 is 0. The lowest BCUT2D eigenvalue weighted by Gasteiger charge is -2.40. The molecule has 1 aliphatic rings. The van der Waals surface area contributed by atoms with Gasteiger partial charge in [-0.1, -0.05) is 25.1 Å². The summed E-state index contributed by atoms with van der Waals surface area (Å²) in [6, 6.07) is 8.60. The minimum atomic E-state index is 0.879. The van der Waals surface area contributed by atoms with Crippen molar-refractivity contribution in [3.05, 3.63) is 29.8 Å². The maximum absolute atomic E-state index is 2.44. The lowest BCUT2D eigenvalue weighted by molar-refractivity contribution is 0.446. The number of hydrogen-bond acceptors (Lipinski definition) is 1. The Morgan fingerprint density at radius 3 is 2.50 bits per heavy atom. The molecule has 64 valence electrons. The molecule has 0 spiro atoms. The van der Waals surface area contributed by atoms with Crippen molar-refractivity contribution in [1.29, 1.82) is 0 Å². The Bertz CT molecular complexity index is 274. The van der Waals surface area contributed by atoms with Gasteiger partial charge in [-0.05, 0) is 24.5 Å². The van der Waals surface area contributed by atoms with Crippen LogP contribution in [-0.2, 0) is 0 Å². The lowest BCUT2D eigenvalue weighted by atomic mass is 10.0. The molecule has 1 heteroatoms. The van der Waals surface area contributed by atoms with Gasteiger partial charge in [-0.3, -0.25) is 0 Å². The molecule has 12 heavy (non-hydrogen) atoms. The van der Waals surface area contributed by atoms with Gasteiger partial charge in [0.2, 0.25) is 0 Å². The van der Waals surface area contributed by atoms with Crippen molar-refractivity contribution in [1.82, 2.24) is 0 Å². The van der Waals surface area contributed by atoms with Gasteiger partial charge >= 0.3 is 0 Å². The maximum Gasteiger partial charge on any atom is 0.0396 e. The highest BCUT2D eigenvalue weighted by Crippen LogP contribution is 2.26. The van der Waals surface area contributed by atoms with Crippen LogP contribution in [0.2, 0.25) is 0 Å². The molecule has 1 saturated heterocycles. The van der Waals surface area contributed by atoms with E-state index in [0.717, 1.165) is 5.92 Å². The number of anilines is 1. The van der Waals surface area contributed by atoms with E-state index in [4.69, 9.17) is 0 Å². The molecule has 0 N–H and O–H groups in total. The highest BCUT2D eigenvalue weighted by Gasteiger charge is 2.23. The minimum absolute atomic E-state index is 0.879. The molecular formula is C11H15N. The molecule has 0 radical (unpaired) electrons. The van der Waals surface area contributed by atoms with Crippen LogP contribution >= 0.6 is 0 Å². The second kappa shape index (κ2) is 2.81. The van der Waals surface area contributed by atoms with Crippen LogP contribution in [0.15, 0.2) is 24.3 Å². The summed E-state index contributed by atoms with van der Waals surface area (Å²) in [6.45, 7) is 6.93. The SMILES string of the molecule is Cc1ccccc1N1CC(C)C1. The largest absolute Gasteiger partial charge is 0.371 e. The summed E-state index contributed by atoms with van der Waals surface area (Å²) in [5, 5.41) is 0. The van der Waals surface area contributed by atoms with Gasteiger partial charge in [0.05, 0.1) is 0 Å². The summed E-state index contributed by atoms with van der Waals surface area (Å²) in [6.07, 6.45) is 0. The molecule has 1 aliphatic heterocycles. The Morgan fingerprint density at radius 2 is 1.92 bits per heavy atom. The molecule has 1 aromatic rings. The van der Waals surface area contributed by atoms with Crippen molar-refractivity contribution in [2.45, 2.75) is 13.8 Å². The van der Waals surface area contributed by atoms with Crippen LogP contribution in [0.4, 0.5) is 5.69 Å². The smallest absolute Gasteiger partial charge is 0.0396 e. The first-order valence-corrected chi connectivity index (χ1v) is 4.58. The van der Waals surface area contributed by atoms with Crippen LogP contribution in [0.1, 0.15) is 12.5 Å². The molecule has 1 heterocycles. The first-order valence-electron chi connectivity index (χ1n) is 4.58. The average molecular weight is 161 g/mol. The van der Waals surface area contributed by atoms with Crippen LogP contribution in [-0.4, -0.2) is 13.1 Å². The van der Waals surface area contributed by atoms with Gasteiger partial charge in [-0.2, -0.15) is 0 Å². The normalized spacial score (nSPS) is 17.7. The van der Waals surface area contributed by atoms with Crippen molar-refractivity contribution in [3.8, 4) is 0 Å². The molecule has 0 aromatic heterocycles. The number of para-hydroxylation sites is 1. The van der Waals surface area contributed by atoms with Gasteiger partial charge in [-0.25, -0.2) is 0 Å². The van der Waals surface area contributed by atoms with Crippen molar-refractivity contribution >= 4 is 5.69 Å². The zero-order valence-corrected chi connectivity index (χ0v) is 7.75. The quantitative estimate of drug-likeness (QED) is 0.611. The van der Waals surface area contributed by atoms with E-state index < -0.39 is 0 Å². The molecular weight excluding hydrogens is 146 g/mol. The molecule has 1 aromatic carbocycles. The summed E-state index contributed by atoms with van der Waals surface area (Å²) in [5.74, 6) is 0.879. The molecule has 1 fully saturated rings. The van der Waals surface area contributed by atoms with Crippen molar-refractivity contribution in [2.24, 2.45) is 5.92 Å². The third kappa shape index (κ3) is 1.20. The van der Waals surface area contributed by atoms with E-state index in [9.17, 15) is 0 Å². The molecule has 0 bridgehead atoms. The number of nitrogens with zero attached hydrogens (tertiary/aromatic N) is 1. The van der Waals surface area contributed by atoms with Gasteiger partial charge in [-0.15, -0.1) is 0 Å². The predicted molar refractivity (Wildman–Crippen MR) is 52.6 cm³/mol. The molecule has 1 nitrogen and oxygen atoms in total. The Kier molecular flexibility index (Phi) is 1.80. The van der Waals surface area contributed by atoms with E-state index in [1.165, 1.54) is 24.3 Å². The Balaban J connectivity index is 2.18. The number of aryl methyl sites for hydroxylation is 1. The lowest BCUT2D eigenvalue weighted by Crippen LogP contribution is -2.45. The Morgan fingerprint density at radius 1 is 1.25 bits per heavy atom. The van der Waals surface area contributed by atoms with Gasteiger partial charge < -0.3 is 4.90 Å². The average Bonchev–Trinajstić information content (AvgIpc) is 2.01. The van der Waals surface area contributed by atoms with E-state index in [2.05, 4.69) is 43.0 Å². The van der Waals surface area contributed by atoms with E-state index >= 15 is 0 Å². The fourth-order valence-corrected chi connectivity index (χ4v) is 1.81. The number of hydrogen-bond donors (Lipinski definition) is 0. The highest BCUT2D eigenvalue weighted by atomic mass is 15.2. The zero-order chi connectivity index (χ0) is 8.55. The molecule has 0 unspecified atom stereocenters. The molecule has 0 saturated carbocycles. The summed E-state index contributed by atoms with van der Waals surface area (Å²) in [4.78, 5) is 2.44. The van der Waals surface area contributed by atoms with Crippen LogP contribution in [0.25, 0.3) is 0 Å². The third-order valence-corrected chi connectivity index (χ3v) is 2.52. The number of rotatable bonds is 1. The minimum Gasteiger partial charge on any atom is -0.371 e. The van der Waals surface area contributed by atoms with E-state index in [1.54, 1.807) is 0 Å². The summed E-state index contributed by atoms with van der Waals surface area (Å²) in [7, 11) is 0. The fourth-order valence-electron chi connectivity index (χ4n) is 1.81. The molecule has 2 rings (SSSR count). The maximum atomic E-state index is 2.44. The third-order valence-electron chi connectivity index (χ3n) is 2.52. The van der Waals surface area contributed by atoms with E-state index in [-0.39, 0.29) is 0 Å². The van der Waals surface area contributed by atoms with Gasteiger partial charge in [0, 0.05) is 18.8 Å². The topological polar surface area (TPSA) is 3.24 Å². The Labute approximate surface area is 74.0 Å². The molecule has 0 atom stereocenters. The van der Waals surface area contributed by atoms with E-state index in [0.29, 0.717) is 0 Å².